The predicted molar refractivity (Wildman–Crippen MR) is 156 cm³/mol. The average molecular weight is 550 g/mol. The van der Waals surface area contributed by atoms with E-state index >= 15 is 0 Å². The van der Waals surface area contributed by atoms with Crippen molar-refractivity contribution in [3.8, 4) is 22.1 Å². The van der Waals surface area contributed by atoms with Crippen LogP contribution in [0.3, 0.4) is 0 Å². The molecule has 0 saturated carbocycles. The van der Waals surface area contributed by atoms with Crippen molar-refractivity contribution in [2.45, 2.75) is 20.1 Å². The summed E-state index contributed by atoms with van der Waals surface area (Å²) >= 11 is 1.33. The Morgan fingerprint density at radius 2 is 1.38 bits per heavy atom. The second kappa shape index (κ2) is 12.7. The summed E-state index contributed by atoms with van der Waals surface area (Å²) in [6, 6.07) is 34.3. The van der Waals surface area contributed by atoms with Gasteiger partial charge in [0.25, 0.3) is 5.91 Å². The van der Waals surface area contributed by atoms with Gasteiger partial charge in [-0.2, -0.15) is 0 Å². The molecule has 8 heteroatoms. The Balaban J connectivity index is 1.25. The molecule has 0 aliphatic carbocycles. The molecule has 0 aliphatic rings. The third kappa shape index (κ3) is 6.73. The van der Waals surface area contributed by atoms with Crippen molar-refractivity contribution in [2.24, 2.45) is 0 Å². The molecular formula is C32H27N3O4S. The molecule has 1 heterocycles. The minimum atomic E-state index is -0.496. The zero-order chi connectivity index (χ0) is 27.7. The van der Waals surface area contributed by atoms with Gasteiger partial charge in [-0.15, -0.1) is 11.3 Å². The van der Waals surface area contributed by atoms with E-state index < -0.39 is 5.91 Å². The molecule has 0 radical (unpaired) electrons. The Morgan fingerprint density at radius 1 is 0.775 bits per heavy atom. The highest BCUT2D eigenvalue weighted by Crippen LogP contribution is 2.33. The number of nitrogens with one attached hydrogen (secondary N) is 1. The van der Waals surface area contributed by atoms with Gasteiger partial charge in [0.15, 0.2) is 0 Å². The predicted octanol–water partition coefficient (Wildman–Crippen LogP) is 6.67. The standard InChI is InChI=1S/C32H27N3O4S/c1-23(36)35(26-16-18-27(19-17-26)38-20-24-10-4-2-5-11-24)34-31(37)29-22-40-32(33-29)28-14-8-9-15-30(28)39-21-25-12-6-3-7-13-25/h2-19,22H,20-21H2,1H3,(H,34,37). The highest BCUT2D eigenvalue weighted by molar-refractivity contribution is 7.13. The molecular weight excluding hydrogens is 522 g/mol. The summed E-state index contributed by atoms with van der Waals surface area (Å²) in [4.78, 5) is 30.0. The van der Waals surface area contributed by atoms with E-state index in [2.05, 4.69) is 10.4 Å². The number of ether oxygens (including phenoxy) is 2. The number of hydrogen-bond donors (Lipinski definition) is 1. The molecule has 7 nitrogen and oxygen atoms in total. The minimum absolute atomic E-state index is 0.201. The third-order valence-corrected chi connectivity index (χ3v) is 6.84. The summed E-state index contributed by atoms with van der Waals surface area (Å²) in [6.07, 6.45) is 0. The molecule has 0 saturated heterocycles. The largest absolute Gasteiger partial charge is 0.489 e. The summed E-state index contributed by atoms with van der Waals surface area (Å²) in [6.45, 7) is 2.23. The number of carbonyl (C=O) groups is 2. The van der Waals surface area contributed by atoms with Crippen molar-refractivity contribution >= 4 is 28.8 Å². The van der Waals surface area contributed by atoms with Crippen LogP contribution in [0.15, 0.2) is 115 Å². The number of thiazole rings is 1. The van der Waals surface area contributed by atoms with Gasteiger partial charge in [-0.05, 0) is 47.5 Å². The van der Waals surface area contributed by atoms with Crippen molar-refractivity contribution in [1.29, 1.82) is 0 Å². The SMILES string of the molecule is CC(=O)N(NC(=O)c1csc(-c2ccccc2OCc2ccccc2)n1)c1ccc(OCc2ccccc2)cc1. The van der Waals surface area contributed by atoms with Crippen LogP contribution in [0.2, 0.25) is 0 Å². The van der Waals surface area contributed by atoms with Gasteiger partial charge in [0.05, 0.1) is 11.3 Å². The lowest BCUT2D eigenvalue weighted by molar-refractivity contribution is -0.117. The van der Waals surface area contributed by atoms with Gasteiger partial charge in [-0.3, -0.25) is 15.0 Å². The number of rotatable bonds is 9. The van der Waals surface area contributed by atoms with Gasteiger partial charge < -0.3 is 9.47 Å². The van der Waals surface area contributed by atoms with Crippen molar-refractivity contribution in [3.05, 3.63) is 131 Å². The van der Waals surface area contributed by atoms with Crippen LogP contribution in [0.5, 0.6) is 11.5 Å². The first-order valence-corrected chi connectivity index (χ1v) is 13.5. The minimum Gasteiger partial charge on any atom is -0.489 e. The van der Waals surface area contributed by atoms with Crippen LogP contribution < -0.4 is 19.9 Å². The molecule has 0 aliphatic heterocycles. The van der Waals surface area contributed by atoms with Crippen molar-refractivity contribution in [3.63, 3.8) is 0 Å². The maximum Gasteiger partial charge on any atom is 0.289 e. The molecule has 4 aromatic carbocycles. The Bertz CT molecular complexity index is 1570. The molecule has 5 aromatic rings. The van der Waals surface area contributed by atoms with Gasteiger partial charge in [0.1, 0.15) is 35.4 Å². The number of carbonyl (C=O) groups excluding carboxylic acids is 2. The number of amides is 2. The van der Waals surface area contributed by atoms with E-state index in [0.29, 0.717) is 35.4 Å². The summed E-state index contributed by atoms with van der Waals surface area (Å²) < 4.78 is 11.9. The van der Waals surface area contributed by atoms with E-state index in [4.69, 9.17) is 9.47 Å². The van der Waals surface area contributed by atoms with E-state index in [0.717, 1.165) is 16.7 Å². The Kier molecular flexibility index (Phi) is 8.48. The highest BCUT2D eigenvalue weighted by Gasteiger charge is 2.20. The smallest absolute Gasteiger partial charge is 0.289 e. The normalized spacial score (nSPS) is 10.5. The maximum absolute atomic E-state index is 13.1. The van der Waals surface area contributed by atoms with Crippen LogP contribution in [0.25, 0.3) is 10.6 Å². The topological polar surface area (TPSA) is 80.8 Å². The molecule has 0 atom stereocenters. The van der Waals surface area contributed by atoms with Crippen molar-refractivity contribution in [2.75, 3.05) is 5.01 Å². The monoisotopic (exact) mass is 549 g/mol. The molecule has 2 amide bonds. The number of hydrogen-bond acceptors (Lipinski definition) is 6. The number of anilines is 1. The zero-order valence-electron chi connectivity index (χ0n) is 21.8. The molecule has 5 rings (SSSR count). The lowest BCUT2D eigenvalue weighted by atomic mass is 10.2. The quantitative estimate of drug-likeness (QED) is 0.208. The van der Waals surface area contributed by atoms with Gasteiger partial charge >= 0.3 is 0 Å². The maximum atomic E-state index is 13.1. The van der Waals surface area contributed by atoms with Gasteiger partial charge in [0.2, 0.25) is 5.91 Å². The number of aromatic nitrogens is 1. The number of hydrazine groups is 1. The second-order valence-electron chi connectivity index (χ2n) is 8.87. The summed E-state index contributed by atoms with van der Waals surface area (Å²) in [5.41, 5.74) is 6.27. The second-order valence-corrected chi connectivity index (χ2v) is 9.73. The first-order chi connectivity index (χ1) is 19.6. The molecule has 1 N–H and O–H groups in total. The molecule has 0 spiro atoms. The number of para-hydroxylation sites is 1. The van der Waals surface area contributed by atoms with Crippen LogP contribution in [0.1, 0.15) is 28.5 Å². The summed E-state index contributed by atoms with van der Waals surface area (Å²) in [7, 11) is 0. The van der Waals surface area contributed by atoms with Crippen molar-refractivity contribution < 1.29 is 19.1 Å². The van der Waals surface area contributed by atoms with Crippen LogP contribution in [-0.2, 0) is 18.0 Å². The van der Waals surface area contributed by atoms with Gasteiger partial charge in [-0.25, -0.2) is 9.99 Å². The lowest BCUT2D eigenvalue weighted by Crippen LogP contribution is -2.45. The van der Waals surface area contributed by atoms with E-state index in [1.54, 1.807) is 29.6 Å². The van der Waals surface area contributed by atoms with Crippen molar-refractivity contribution in [1.82, 2.24) is 10.4 Å². The van der Waals surface area contributed by atoms with Crippen LogP contribution in [0, 0.1) is 0 Å². The fraction of sp³-hybridized carbons (Fsp3) is 0.0938. The first-order valence-electron chi connectivity index (χ1n) is 12.7. The van der Waals surface area contributed by atoms with E-state index in [1.165, 1.54) is 23.3 Å². The summed E-state index contributed by atoms with van der Waals surface area (Å²) in [5, 5.41) is 3.50. The molecule has 0 unspecified atom stereocenters. The van der Waals surface area contributed by atoms with Crippen LogP contribution in [-0.4, -0.2) is 16.8 Å². The first kappa shape index (κ1) is 26.6. The Labute approximate surface area is 236 Å². The molecule has 0 fully saturated rings. The van der Waals surface area contributed by atoms with Gasteiger partial charge in [-0.1, -0.05) is 72.8 Å². The average Bonchev–Trinajstić information content (AvgIpc) is 3.50. The Morgan fingerprint density at radius 3 is 2.02 bits per heavy atom. The Hall–Kier alpha value is -4.95. The third-order valence-electron chi connectivity index (χ3n) is 5.96. The highest BCUT2D eigenvalue weighted by atomic mass is 32.1. The van der Waals surface area contributed by atoms with Gasteiger partial charge in [0, 0.05) is 12.3 Å². The molecule has 40 heavy (non-hydrogen) atoms. The fourth-order valence-corrected chi connectivity index (χ4v) is 4.75. The van der Waals surface area contributed by atoms with E-state index in [-0.39, 0.29) is 11.6 Å². The molecule has 200 valence electrons. The molecule has 1 aromatic heterocycles. The van der Waals surface area contributed by atoms with Crippen LogP contribution >= 0.6 is 11.3 Å². The number of benzene rings is 4. The molecule has 0 bridgehead atoms. The van der Waals surface area contributed by atoms with E-state index in [1.807, 2.05) is 84.9 Å². The lowest BCUT2D eigenvalue weighted by Gasteiger charge is -2.21. The zero-order valence-corrected chi connectivity index (χ0v) is 22.6. The van der Waals surface area contributed by atoms with Crippen LogP contribution in [0.4, 0.5) is 5.69 Å². The number of nitrogens with zero attached hydrogens (tertiary/aromatic N) is 2. The fourth-order valence-electron chi connectivity index (χ4n) is 3.92. The summed E-state index contributed by atoms with van der Waals surface area (Å²) in [5.74, 6) is 0.485. The van der Waals surface area contributed by atoms with E-state index in [9.17, 15) is 9.59 Å².